The third kappa shape index (κ3) is 4.38. The summed E-state index contributed by atoms with van der Waals surface area (Å²) in [6, 6.07) is 8.55. The van der Waals surface area contributed by atoms with Crippen molar-refractivity contribution in [1.82, 2.24) is 19.8 Å². The molecule has 1 aromatic carbocycles. The minimum absolute atomic E-state index is 0.0245. The van der Waals surface area contributed by atoms with Crippen LogP contribution in [-0.4, -0.2) is 54.3 Å². The number of hydrogen-bond acceptors (Lipinski definition) is 7. The molecule has 10 heteroatoms. The number of rotatable bonds is 5. The second-order valence-corrected chi connectivity index (χ2v) is 10.8. The lowest BCUT2D eigenvalue weighted by Crippen LogP contribution is -2.67. The zero-order valence-corrected chi connectivity index (χ0v) is 21.2. The van der Waals surface area contributed by atoms with Crippen LogP contribution in [0.3, 0.4) is 0 Å². The molecule has 0 radical (unpaired) electrons. The number of benzene rings is 1. The van der Waals surface area contributed by atoms with Crippen LogP contribution in [0.5, 0.6) is 5.75 Å². The van der Waals surface area contributed by atoms with E-state index in [0.29, 0.717) is 11.5 Å². The molecule has 3 atom stereocenters. The molecule has 5 rings (SSSR count). The molecule has 2 bridgehead atoms. The molecule has 0 spiro atoms. The topological polar surface area (TPSA) is 94.7 Å². The molecule has 0 saturated carbocycles. The van der Waals surface area contributed by atoms with E-state index in [2.05, 4.69) is 28.9 Å². The third-order valence-electron chi connectivity index (χ3n) is 8.16. The van der Waals surface area contributed by atoms with E-state index >= 15 is 4.39 Å². The number of piperidine rings is 2. The van der Waals surface area contributed by atoms with E-state index in [9.17, 15) is 19.5 Å². The van der Waals surface area contributed by atoms with E-state index < -0.39 is 18.2 Å². The van der Waals surface area contributed by atoms with Crippen molar-refractivity contribution in [3.8, 4) is 28.1 Å². The van der Waals surface area contributed by atoms with Crippen LogP contribution in [0.15, 0.2) is 47.4 Å². The molecule has 0 aliphatic carbocycles. The number of anilines is 1. The maximum atomic E-state index is 15.0. The van der Waals surface area contributed by atoms with Crippen molar-refractivity contribution in [2.45, 2.75) is 69.9 Å². The summed E-state index contributed by atoms with van der Waals surface area (Å²) in [6.07, 6.45) is 5.79. The molecule has 3 aromatic rings. The largest absolute Gasteiger partial charge is 0.507 e. The van der Waals surface area contributed by atoms with E-state index in [1.54, 1.807) is 17.2 Å². The quantitative estimate of drug-likeness (QED) is 0.511. The van der Waals surface area contributed by atoms with Crippen LogP contribution in [0.1, 0.15) is 46.0 Å². The van der Waals surface area contributed by atoms with Crippen LogP contribution >= 0.6 is 0 Å². The smallest absolute Gasteiger partial charge is 0.253 e. The van der Waals surface area contributed by atoms with Gasteiger partial charge in [-0.25, -0.2) is 8.78 Å². The van der Waals surface area contributed by atoms with Gasteiger partial charge in [-0.1, -0.05) is 0 Å². The molecule has 2 aliphatic rings. The number of pyridine rings is 1. The van der Waals surface area contributed by atoms with Gasteiger partial charge in [0, 0.05) is 47.6 Å². The molecule has 2 aliphatic heterocycles. The summed E-state index contributed by atoms with van der Waals surface area (Å²) < 4.78 is 28.7. The number of fused-ring (bicyclic) bond motifs is 2. The molecule has 0 amide bonds. The second kappa shape index (κ2) is 9.18. The Morgan fingerprint density at radius 1 is 1.08 bits per heavy atom. The van der Waals surface area contributed by atoms with Gasteiger partial charge in [0.15, 0.2) is 12.6 Å². The lowest BCUT2D eigenvalue weighted by Gasteiger charge is -2.59. The van der Waals surface area contributed by atoms with Gasteiger partial charge >= 0.3 is 0 Å². The first-order valence-electron chi connectivity index (χ1n) is 12.4. The Balaban J connectivity index is 1.39. The Hall–Kier alpha value is -3.37. The molecule has 4 heterocycles. The first kappa shape index (κ1) is 25.3. The molecule has 2 saturated heterocycles. The highest BCUT2D eigenvalue weighted by Gasteiger charge is 2.53. The zero-order chi connectivity index (χ0) is 26.5. The van der Waals surface area contributed by atoms with Gasteiger partial charge in [-0.3, -0.25) is 9.36 Å². The van der Waals surface area contributed by atoms with Crippen molar-refractivity contribution >= 4 is 5.82 Å². The number of aromatic nitrogens is 3. The number of halogens is 2. The van der Waals surface area contributed by atoms with Gasteiger partial charge in [-0.2, -0.15) is 5.06 Å². The van der Waals surface area contributed by atoms with Gasteiger partial charge in [-0.05, 0) is 81.8 Å². The van der Waals surface area contributed by atoms with Crippen LogP contribution in [0.25, 0.3) is 22.4 Å². The number of nitrogens with zero attached hydrogens (tertiary/aromatic N) is 5. The predicted octanol–water partition coefficient (Wildman–Crippen LogP) is 4.74. The molecule has 37 heavy (non-hydrogen) atoms. The van der Waals surface area contributed by atoms with Gasteiger partial charge in [0.05, 0.1) is 5.69 Å². The van der Waals surface area contributed by atoms with Gasteiger partial charge < -0.3 is 15.2 Å². The normalized spacial score (nSPS) is 25.7. The average molecular weight is 512 g/mol. The maximum absolute atomic E-state index is 15.0. The number of alkyl halides is 1. The Labute approximate surface area is 213 Å². The van der Waals surface area contributed by atoms with E-state index in [1.807, 2.05) is 7.05 Å². The zero-order valence-electron chi connectivity index (χ0n) is 21.2. The van der Waals surface area contributed by atoms with Crippen LogP contribution in [0.2, 0.25) is 0 Å². The van der Waals surface area contributed by atoms with Crippen molar-refractivity contribution in [3.05, 3.63) is 58.8 Å². The number of hydrogen-bond donors (Lipinski definition) is 2. The molecule has 2 fully saturated rings. The Morgan fingerprint density at radius 2 is 1.78 bits per heavy atom. The van der Waals surface area contributed by atoms with Crippen molar-refractivity contribution in [2.75, 3.05) is 11.9 Å². The predicted molar refractivity (Wildman–Crippen MR) is 136 cm³/mol. The monoisotopic (exact) mass is 511 g/mol. The minimum atomic E-state index is -0.977. The summed E-state index contributed by atoms with van der Waals surface area (Å²) >= 11 is 0. The molecule has 196 valence electrons. The van der Waals surface area contributed by atoms with Crippen LogP contribution in [0, 0.1) is 5.82 Å². The summed E-state index contributed by atoms with van der Waals surface area (Å²) in [5, 5.41) is 31.6. The van der Waals surface area contributed by atoms with Crippen molar-refractivity contribution in [3.63, 3.8) is 0 Å². The summed E-state index contributed by atoms with van der Waals surface area (Å²) in [5.41, 5.74) is -0.461. The van der Waals surface area contributed by atoms with Crippen molar-refractivity contribution in [1.29, 1.82) is 0 Å². The molecule has 2 aromatic heterocycles. The highest BCUT2D eigenvalue weighted by Crippen LogP contribution is 2.48. The fourth-order valence-corrected chi connectivity index (χ4v) is 6.06. The van der Waals surface area contributed by atoms with E-state index in [-0.39, 0.29) is 39.6 Å². The Kier molecular flexibility index (Phi) is 6.27. The highest BCUT2D eigenvalue weighted by atomic mass is 19.1. The lowest BCUT2D eigenvalue weighted by atomic mass is 9.68. The number of hydroxylamine groups is 2. The fraction of sp³-hybridized carbons (Fsp3) is 0.444. The Morgan fingerprint density at radius 3 is 2.38 bits per heavy atom. The fourth-order valence-electron chi connectivity index (χ4n) is 6.06. The van der Waals surface area contributed by atoms with E-state index in [4.69, 9.17) is 0 Å². The first-order valence-corrected chi connectivity index (χ1v) is 12.4. The maximum Gasteiger partial charge on any atom is 0.253 e. The Bertz CT molecular complexity index is 1360. The number of phenols is 1. The molecular formula is C27H31F2N5O3. The summed E-state index contributed by atoms with van der Waals surface area (Å²) in [6.45, 7) is 3.23. The SMILES string of the molecule is CN(c1ccc(-c2cc(F)c(-c3ccn(CF)c(=O)c3)cc2O)nn1)C1C[C@]2(C)CCC[C@](C)(C1)N2O. The van der Waals surface area contributed by atoms with Crippen LogP contribution in [-0.2, 0) is 6.80 Å². The van der Waals surface area contributed by atoms with Gasteiger partial charge in [0.25, 0.3) is 5.56 Å². The molecule has 8 nitrogen and oxygen atoms in total. The van der Waals surface area contributed by atoms with Gasteiger partial charge in [0.1, 0.15) is 11.6 Å². The third-order valence-corrected chi connectivity index (χ3v) is 8.16. The van der Waals surface area contributed by atoms with Crippen molar-refractivity contribution in [2.24, 2.45) is 0 Å². The second-order valence-electron chi connectivity index (χ2n) is 10.8. The molecule has 1 unspecified atom stereocenters. The van der Waals surface area contributed by atoms with Gasteiger partial charge in [0.2, 0.25) is 0 Å². The first-order chi connectivity index (χ1) is 17.5. The summed E-state index contributed by atoms with van der Waals surface area (Å²) in [4.78, 5) is 14.0. The van der Waals surface area contributed by atoms with E-state index in [1.165, 1.54) is 18.3 Å². The number of aromatic hydroxyl groups is 1. The standard InChI is InChI=1S/C27H31F2N5O3/c1-26-8-4-9-27(2,34(26)37)15-18(14-26)32(3)24-6-5-22(30-31-24)20-12-21(29)19(13-23(20)35)17-7-10-33(16-28)25(36)11-17/h5-7,10-13,18,35,37H,4,8-9,14-16H2,1-3H3/t18?,26-,27+. The van der Waals surface area contributed by atoms with Crippen LogP contribution < -0.4 is 10.5 Å². The summed E-state index contributed by atoms with van der Waals surface area (Å²) in [7, 11) is 1.96. The van der Waals surface area contributed by atoms with Crippen molar-refractivity contribution < 1.29 is 19.1 Å². The molecule has 2 N–H and O–H groups in total. The highest BCUT2D eigenvalue weighted by molar-refractivity contribution is 5.74. The molecular weight excluding hydrogens is 480 g/mol. The minimum Gasteiger partial charge on any atom is -0.507 e. The lowest BCUT2D eigenvalue weighted by molar-refractivity contribution is -0.273. The van der Waals surface area contributed by atoms with E-state index in [0.717, 1.165) is 48.8 Å². The van der Waals surface area contributed by atoms with Crippen LogP contribution in [0.4, 0.5) is 14.6 Å². The number of phenolic OH excluding ortho intramolecular Hbond substituents is 1. The average Bonchev–Trinajstić information content (AvgIpc) is 2.87. The van der Waals surface area contributed by atoms with Gasteiger partial charge in [-0.15, -0.1) is 10.2 Å². The summed E-state index contributed by atoms with van der Waals surface area (Å²) in [5.74, 6) is -0.224.